The van der Waals surface area contributed by atoms with Crippen molar-refractivity contribution in [2.45, 2.75) is 33.2 Å². The first-order chi connectivity index (χ1) is 5.70. The van der Waals surface area contributed by atoms with E-state index in [0.29, 0.717) is 0 Å². The molecule has 0 unspecified atom stereocenters. The highest BCUT2D eigenvalue weighted by atomic mass is 16.1. The van der Waals surface area contributed by atoms with E-state index >= 15 is 0 Å². The fourth-order valence-electron chi connectivity index (χ4n) is 1.13. The van der Waals surface area contributed by atoms with Gasteiger partial charge in [0.2, 0.25) is 0 Å². The summed E-state index contributed by atoms with van der Waals surface area (Å²) < 4.78 is 1.70. The second-order valence-electron chi connectivity index (χ2n) is 3.27. The van der Waals surface area contributed by atoms with Gasteiger partial charge in [-0.15, -0.1) is 0 Å². The van der Waals surface area contributed by atoms with Gasteiger partial charge in [0.15, 0.2) is 0 Å². The molecule has 0 fully saturated rings. The molecule has 3 heteroatoms. The number of hydrogen-bond donors (Lipinski definition) is 1. The number of aromatic nitrogens is 2. The lowest BCUT2D eigenvalue weighted by Crippen LogP contribution is -2.16. The molecule has 1 aromatic heterocycles. The van der Waals surface area contributed by atoms with Crippen molar-refractivity contribution >= 4 is 0 Å². The van der Waals surface area contributed by atoms with E-state index in [1.54, 1.807) is 17.0 Å². The number of nitrogens with one attached hydrogen (secondary N) is 1. The van der Waals surface area contributed by atoms with E-state index in [1.807, 2.05) is 0 Å². The second-order valence-corrected chi connectivity index (χ2v) is 3.27. The van der Waals surface area contributed by atoms with E-state index in [1.165, 1.54) is 5.92 Å². The van der Waals surface area contributed by atoms with Gasteiger partial charge in [-0.3, -0.25) is 4.57 Å². The van der Waals surface area contributed by atoms with Crippen LogP contribution in [0, 0.1) is 5.92 Å². The molecule has 1 aromatic rings. The third-order valence-electron chi connectivity index (χ3n) is 1.80. The predicted molar refractivity (Wildman–Crippen MR) is 48.9 cm³/mol. The van der Waals surface area contributed by atoms with Crippen LogP contribution in [0.1, 0.15) is 26.7 Å². The molecule has 1 radical (unpaired) electrons. The molecule has 0 amide bonds. The van der Waals surface area contributed by atoms with Crippen LogP contribution in [0.3, 0.4) is 0 Å². The fraction of sp³-hybridized carbons (Fsp3) is 0.556. The molecule has 1 rings (SSSR count). The number of imidazole rings is 1. The molecule has 0 saturated carbocycles. The molecule has 1 N–H and O–H groups in total. The van der Waals surface area contributed by atoms with Crippen molar-refractivity contribution in [3.63, 3.8) is 0 Å². The molecule has 67 valence electrons. The lowest BCUT2D eigenvalue weighted by Gasteiger charge is -2.03. The first-order valence-corrected chi connectivity index (χ1v) is 4.23. The molecule has 0 aliphatic heterocycles. The average molecular weight is 167 g/mol. The van der Waals surface area contributed by atoms with Crippen LogP contribution in [0.15, 0.2) is 17.2 Å². The van der Waals surface area contributed by atoms with Gasteiger partial charge in [-0.25, -0.2) is 4.79 Å². The molecular weight excluding hydrogens is 152 g/mol. The normalized spacial score (nSPS) is 10.9. The fourth-order valence-corrected chi connectivity index (χ4v) is 1.13. The number of hydrogen-bond acceptors (Lipinski definition) is 1. The number of aryl methyl sites for hydroxylation is 1. The van der Waals surface area contributed by atoms with E-state index in [-0.39, 0.29) is 5.69 Å². The maximum absolute atomic E-state index is 11.0. The highest BCUT2D eigenvalue weighted by molar-refractivity contribution is 4.79. The quantitative estimate of drug-likeness (QED) is 0.726. The Labute approximate surface area is 72.4 Å². The molecule has 0 saturated heterocycles. The summed E-state index contributed by atoms with van der Waals surface area (Å²) in [4.78, 5) is 13.6. The Morgan fingerprint density at radius 1 is 1.58 bits per heavy atom. The van der Waals surface area contributed by atoms with Gasteiger partial charge >= 0.3 is 5.69 Å². The summed E-state index contributed by atoms with van der Waals surface area (Å²) in [5, 5.41) is 0. The van der Waals surface area contributed by atoms with E-state index in [9.17, 15) is 4.79 Å². The molecule has 1 heterocycles. The van der Waals surface area contributed by atoms with Crippen LogP contribution in [0.5, 0.6) is 0 Å². The Balaban J connectivity index is 2.34. The molecule has 0 bridgehead atoms. The number of nitrogens with zero attached hydrogens (tertiary/aromatic N) is 1. The van der Waals surface area contributed by atoms with Crippen LogP contribution in [0.4, 0.5) is 0 Å². The van der Waals surface area contributed by atoms with Crippen LogP contribution in [0.2, 0.25) is 0 Å². The number of rotatable bonds is 4. The summed E-state index contributed by atoms with van der Waals surface area (Å²) in [6.45, 7) is 5.04. The molecule has 0 spiro atoms. The summed E-state index contributed by atoms with van der Waals surface area (Å²) >= 11 is 0. The Kier molecular flexibility index (Phi) is 3.14. The van der Waals surface area contributed by atoms with Crippen molar-refractivity contribution in [3.05, 3.63) is 28.8 Å². The van der Waals surface area contributed by atoms with E-state index in [0.717, 1.165) is 19.4 Å². The number of H-pyrrole nitrogens is 1. The summed E-state index contributed by atoms with van der Waals surface area (Å²) in [6.07, 6.45) is 5.59. The van der Waals surface area contributed by atoms with Crippen molar-refractivity contribution in [1.82, 2.24) is 9.55 Å². The summed E-state index contributed by atoms with van der Waals surface area (Å²) in [7, 11) is 0. The minimum absolute atomic E-state index is 0.0104. The maximum Gasteiger partial charge on any atom is 0.325 e. The van der Waals surface area contributed by atoms with Crippen molar-refractivity contribution < 1.29 is 0 Å². The zero-order chi connectivity index (χ0) is 8.97. The smallest absolute Gasteiger partial charge is 0.313 e. The summed E-state index contributed by atoms with van der Waals surface area (Å²) in [6, 6.07) is 0. The SMILES string of the molecule is C[C](C)CCCn1cc[nH]c1=O. The largest absolute Gasteiger partial charge is 0.325 e. The molecule has 3 nitrogen and oxygen atoms in total. The van der Waals surface area contributed by atoms with Gasteiger partial charge in [0, 0.05) is 18.9 Å². The third-order valence-corrected chi connectivity index (χ3v) is 1.80. The van der Waals surface area contributed by atoms with Gasteiger partial charge in [0.1, 0.15) is 0 Å². The molecule has 0 aliphatic rings. The average Bonchev–Trinajstić information content (AvgIpc) is 2.36. The Morgan fingerprint density at radius 3 is 2.83 bits per heavy atom. The van der Waals surface area contributed by atoms with Crippen LogP contribution in [-0.2, 0) is 6.54 Å². The topological polar surface area (TPSA) is 37.8 Å². The van der Waals surface area contributed by atoms with Gasteiger partial charge in [0.25, 0.3) is 0 Å². The van der Waals surface area contributed by atoms with Gasteiger partial charge in [-0.05, 0) is 18.8 Å². The van der Waals surface area contributed by atoms with E-state index < -0.39 is 0 Å². The van der Waals surface area contributed by atoms with Crippen LogP contribution >= 0.6 is 0 Å². The lowest BCUT2D eigenvalue weighted by molar-refractivity contribution is 0.602. The Bertz CT molecular complexity index is 272. The van der Waals surface area contributed by atoms with E-state index in [4.69, 9.17) is 0 Å². The highest BCUT2D eigenvalue weighted by Crippen LogP contribution is 2.05. The molecule has 0 aromatic carbocycles. The van der Waals surface area contributed by atoms with Crippen molar-refractivity contribution in [2.75, 3.05) is 0 Å². The van der Waals surface area contributed by atoms with Gasteiger partial charge in [-0.2, -0.15) is 0 Å². The minimum atomic E-state index is -0.0104. The maximum atomic E-state index is 11.0. The van der Waals surface area contributed by atoms with Crippen molar-refractivity contribution in [2.24, 2.45) is 0 Å². The summed E-state index contributed by atoms with van der Waals surface area (Å²) in [5.41, 5.74) is -0.0104. The molecule has 12 heavy (non-hydrogen) atoms. The molecule has 0 atom stereocenters. The van der Waals surface area contributed by atoms with Gasteiger partial charge in [0.05, 0.1) is 0 Å². The van der Waals surface area contributed by atoms with Crippen molar-refractivity contribution in [1.29, 1.82) is 0 Å². The zero-order valence-electron chi connectivity index (χ0n) is 7.63. The second kappa shape index (κ2) is 4.14. The van der Waals surface area contributed by atoms with Crippen LogP contribution in [0.25, 0.3) is 0 Å². The zero-order valence-corrected chi connectivity index (χ0v) is 7.63. The van der Waals surface area contributed by atoms with Crippen LogP contribution < -0.4 is 5.69 Å². The lowest BCUT2D eigenvalue weighted by atomic mass is 10.1. The van der Waals surface area contributed by atoms with Crippen LogP contribution in [-0.4, -0.2) is 9.55 Å². The predicted octanol–water partition coefficient (Wildman–Crippen LogP) is 1.57. The van der Waals surface area contributed by atoms with E-state index in [2.05, 4.69) is 18.8 Å². The van der Waals surface area contributed by atoms with Crippen molar-refractivity contribution in [3.8, 4) is 0 Å². The summed E-state index contributed by atoms with van der Waals surface area (Å²) in [5.74, 6) is 1.42. The minimum Gasteiger partial charge on any atom is -0.313 e. The highest BCUT2D eigenvalue weighted by Gasteiger charge is 1.97. The molecule has 0 aliphatic carbocycles. The Morgan fingerprint density at radius 2 is 2.33 bits per heavy atom. The first-order valence-electron chi connectivity index (χ1n) is 4.23. The molecular formula is C9H15N2O. The first kappa shape index (κ1) is 9.10. The van der Waals surface area contributed by atoms with Gasteiger partial charge in [-0.1, -0.05) is 13.8 Å². The third kappa shape index (κ3) is 2.57. The Hall–Kier alpha value is -0.990. The monoisotopic (exact) mass is 167 g/mol. The standard InChI is InChI=1S/C9H15N2O/c1-8(2)4-3-6-11-7-5-10-9(11)12/h5,7H,3-4,6H2,1-2H3,(H,10,12). The van der Waals surface area contributed by atoms with Gasteiger partial charge < -0.3 is 4.98 Å². The number of aromatic amines is 1.